The zero-order valence-electron chi connectivity index (χ0n) is 11.7. The topological polar surface area (TPSA) is 89.1 Å². The maximum Gasteiger partial charge on any atom is 0.226 e. The van der Waals surface area contributed by atoms with E-state index in [1.807, 2.05) is 0 Å². The van der Waals surface area contributed by atoms with Crippen LogP contribution < -0.4 is 10.1 Å². The van der Waals surface area contributed by atoms with E-state index < -0.39 is 5.82 Å². The fourth-order valence-corrected chi connectivity index (χ4v) is 2.22. The number of hydrogen-bond acceptors (Lipinski definition) is 5. The fourth-order valence-electron chi connectivity index (χ4n) is 2.22. The first kappa shape index (κ1) is 14.5. The Labute approximate surface area is 125 Å². The van der Waals surface area contributed by atoms with Gasteiger partial charge in [-0.25, -0.2) is 4.39 Å². The predicted molar refractivity (Wildman–Crippen MR) is 73.7 cm³/mol. The maximum absolute atomic E-state index is 13.5. The van der Waals surface area contributed by atoms with Crippen molar-refractivity contribution >= 4 is 5.91 Å². The van der Waals surface area contributed by atoms with Gasteiger partial charge in [0.05, 0.1) is 43.8 Å². The molecule has 116 valence electrons. The third-order valence-corrected chi connectivity index (χ3v) is 3.30. The van der Waals surface area contributed by atoms with Crippen molar-refractivity contribution in [3.05, 3.63) is 42.2 Å². The van der Waals surface area contributed by atoms with E-state index in [1.54, 1.807) is 12.4 Å². The van der Waals surface area contributed by atoms with Crippen molar-refractivity contribution in [1.29, 1.82) is 0 Å². The summed E-state index contributed by atoms with van der Waals surface area (Å²) in [5.74, 6) is -0.245. The molecule has 0 saturated carbocycles. The second kappa shape index (κ2) is 6.52. The standard InChI is InChI=1S/C14H15FN4O3/c15-10-2-1-3-16-11(10)4-14(20)19-12-7-21-8-13(12)22-9-5-17-18-6-9/h1-3,5-6,12-13H,4,7-8H2,(H,17,18)(H,19,20)/t12-,13+/m0/s1. The van der Waals surface area contributed by atoms with Crippen molar-refractivity contribution in [3.63, 3.8) is 0 Å². The third kappa shape index (κ3) is 3.40. The van der Waals surface area contributed by atoms with Crippen LogP contribution in [0.2, 0.25) is 0 Å². The van der Waals surface area contributed by atoms with Gasteiger partial charge in [0.25, 0.3) is 0 Å². The van der Waals surface area contributed by atoms with Crippen LogP contribution >= 0.6 is 0 Å². The second-order valence-corrected chi connectivity index (χ2v) is 4.91. The summed E-state index contributed by atoms with van der Waals surface area (Å²) in [6.45, 7) is 0.715. The Kier molecular flexibility index (Phi) is 4.29. The van der Waals surface area contributed by atoms with Crippen LogP contribution in [-0.4, -0.2) is 46.4 Å². The molecule has 0 aromatic carbocycles. The average Bonchev–Trinajstić information content (AvgIpc) is 3.15. The molecule has 0 spiro atoms. The maximum atomic E-state index is 13.5. The number of carbonyl (C=O) groups is 1. The monoisotopic (exact) mass is 306 g/mol. The molecule has 2 aromatic rings. The number of nitrogens with zero attached hydrogens (tertiary/aromatic N) is 2. The van der Waals surface area contributed by atoms with Gasteiger partial charge in [-0.15, -0.1) is 0 Å². The summed E-state index contributed by atoms with van der Waals surface area (Å²) in [6, 6.07) is 2.46. The molecule has 8 heteroatoms. The van der Waals surface area contributed by atoms with Crippen molar-refractivity contribution in [3.8, 4) is 5.75 Å². The molecule has 2 N–H and O–H groups in total. The Hall–Kier alpha value is -2.48. The number of nitrogens with one attached hydrogen (secondary N) is 2. The van der Waals surface area contributed by atoms with Gasteiger partial charge >= 0.3 is 0 Å². The van der Waals surface area contributed by atoms with Crippen LogP contribution in [0.4, 0.5) is 4.39 Å². The molecule has 0 radical (unpaired) electrons. The Morgan fingerprint density at radius 3 is 3.23 bits per heavy atom. The quantitative estimate of drug-likeness (QED) is 0.837. The number of amides is 1. The minimum atomic E-state index is -0.494. The number of hydrogen-bond donors (Lipinski definition) is 2. The van der Waals surface area contributed by atoms with Crippen LogP contribution in [-0.2, 0) is 16.0 Å². The van der Waals surface area contributed by atoms with E-state index in [4.69, 9.17) is 9.47 Å². The van der Waals surface area contributed by atoms with Crippen LogP contribution in [0.25, 0.3) is 0 Å². The minimum Gasteiger partial charge on any atom is -0.482 e. The highest BCUT2D eigenvalue weighted by atomic mass is 19.1. The van der Waals surface area contributed by atoms with Crippen LogP contribution in [0.3, 0.4) is 0 Å². The lowest BCUT2D eigenvalue weighted by Gasteiger charge is -2.19. The van der Waals surface area contributed by atoms with Gasteiger partial charge < -0.3 is 14.8 Å². The molecular formula is C14H15FN4O3. The number of halogens is 1. The van der Waals surface area contributed by atoms with Gasteiger partial charge in [0.2, 0.25) is 5.91 Å². The van der Waals surface area contributed by atoms with E-state index in [1.165, 1.54) is 18.3 Å². The molecular weight excluding hydrogens is 291 g/mol. The van der Waals surface area contributed by atoms with Crippen molar-refractivity contribution in [2.45, 2.75) is 18.6 Å². The minimum absolute atomic E-state index is 0.117. The summed E-state index contributed by atoms with van der Waals surface area (Å²) in [6.07, 6.45) is 4.17. The molecule has 1 fully saturated rings. The van der Waals surface area contributed by atoms with Gasteiger partial charge in [0.1, 0.15) is 11.9 Å². The molecule has 1 aliphatic rings. The summed E-state index contributed by atoms with van der Waals surface area (Å²) < 4.78 is 24.5. The van der Waals surface area contributed by atoms with Crippen LogP contribution in [0.15, 0.2) is 30.7 Å². The summed E-state index contributed by atoms with van der Waals surface area (Å²) in [4.78, 5) is 15.9. The Morgan fingerprint density at radius 1 is 1.55 bits per heavy atom. The first-order valence-electron chi connectivity index (χ1n) is 6.84. The molecule has 7 nitrogen and oxygen atoms in total. The van der Waals surface area contributed by atoms with Crippen LogP contribution in [0.5, 0.6) is 5.75 Å². The van der Waals surface area contributed by atoms with Crippen LogP contribution in [0.1, 0.15) is 5.69 Å². The van der Waals surface area contributed by atoms with E-state index in [0.29, 0.717) is 19.0 Å². The molecule has 22 heavy (non-hydrogen) atoms. The van der Waals surface area contributed by atoms with Gasteiger partial charge in [-0.1, -0.05) is 0 Å². The van der Waals surface area contributed by atoms with Gasteiger partial charge in [-0.2, -0.15) is 5.10 Å². The first-order valence-corrected chi connectivity index (χ1v) is 6.84. The third-order valence-electron chi connectivity index (χ3n) is 3.30. The van der Waals surface area contributed by atoms with Gasteiger partial charge in [0.15, 0.2) is 5.75 Å². The van der Waals surface area contributed by atoms with E-state index >= 15 is 0 Å². The molecule has 1 amide bonds. The highest BCUT2D eigenvalue weighted by molar-refractivity contribution is 5.78. The summed E-state index contributed by atoms with van der Waals surface area (Å²) in [5, 5.41) is 9.22. The lowest BCUT2D eigenvalue weighted by Crippen LogP contribution is -2.45. The smallest absolute Gasteiger partial charge is 0.226 e. The summed E-state index contributed by atoms with van der Waals surface area (Å²) in [7, 11) is 0. The summed E-state index contributed by atoms with van der Waals surface area (Å²) in [5.41, 5.74) is 0.117. The van der Waals surface area contributed by atoms with E-state index in [0.717, 1.165) is 0 Å². The van der Waals surface area contributed by atoms with Crippen LogP contribution in [0, 0.1) is 5.82 Å². The Balaban J connectivity index is 1.57. The number of pyridine rings is 1. The van der Waals surface area contributed by atoms with Gasteiger partial charge in [-0.3, -0.25) is 14.9 Å². The summed E-state index contributed by atoms with van der Waals surface area (Å²) >= 11 is 0. The zero-order chi connectivity index (χ0) is 15.4. The van der Waals surface area contributed by atoms with Crippen molar-refractivity contribution in [2.24, 2.45) is 0 Å². The molecule has 0 aliphatic carbocycles. The first-order chi connectivity index (χ1) is 10.7. The SMILES string of the molecule is O=C(Cc1ncccc1F)N[C@H]1COC[C@H]1Oc1cn[nH]c1. The highest BCUT2D eigenvalue weighted by Gasteiger charge is 2.31. The fraction of sp³-hybridized carbons (Fsp3) is 0.357. The number of aromatic amines is 1. The van der Waals surface area contributed by atoms with Gasteiger partial charge in [-0.05, 0) is 12.1 Å². The largest absolute Gasteiger partial charge is 0.482 e. The predicted octanol–water partition coefficient (Wildman–Crippen LogP) is 0.449. The second-order valence-electron chi connectivity index (χ2n) is 4.91. The number of carbonyl (C=O) groups excluding carboxylic acids is 1. The average molecular weight is 306 g/mol. The lowest BCUT2D eigenvalue weighted by atomic mass is 10.2. The van der Waals surface area contributed by atoms with Crippen molar-refractivity contribution < 1.29 is 18.7 Å². The number of aromatic nitrogens is 3. The molecule has 1 saturated heterocycles. The van der Waals surface area contributed by atoms with E-state index in [9.17, 15) is 9.18 Å². The molecule has 3 rings (SSSR count). The molecule has 2 atom stereocenters. The lowest BCUT2D eigenvalue weighted by molar-refractivity contribution is -0.121. The van der Waals surface area contributed by atoms with Crippen molar-refractivity contribution in [2.75, 3.05) is 13.2 Å². The number of H-pyrrole nitrogens is 1. The molecule has 2 aromatic heterocycles. The molecule has 0 unspecified atom stereocenters. The van der Waals surface area contributed by atoms with Gasteiger partial charge in [0, 0.05) is 6.20 Å². The van der Waals surface area contributed by atoms with Crippen molar-refractivity contribution in [1.82, 2.24) is 20.5 Å². The molecule has 0 bridgehead atoms. The Bertz CT molecular complexity index is 635. The van der Waals surface area contributed by atoms with E-state index in [-0.39, 0.29) is 30.2 Å². The Morgan fingerprint density at radius 2 is 2.45 bits per heavy atom. The highest BCUT2D eigenvalue weighted by Crippen LogP contribution is 2.15. The normalized spacial score (nSPS) is 20.8. The number of rotatable bonds is 5. The zero-order valence-corrected chi connectivity index (χ0v) is 11.7. The molecule has 1 aliphatic heterocycles. The molecule has 3 heterocycles. The van der Waals surface area contributed by atoms with E-state index in [2.05, 4.69) is 20.5 Å². The number of ether oxygens (including phenoxy) is 2.